The van der Waals surface area contributed by atoms with Gasteiger partial charge in [-0.05, 0) is 44.9 Å². The zero-order valence-electron chi connectivity index (χ0n) is 46.9. The zero-order chi connectivity index (χ0) is 51.3. The number of ether oxygens (including phenoxy) is 4. The van der Waals surface area contributed by atoms with Crippen LogP contribution in [0.1, 0.15) is 290 Å². The van der Waals surface area contributed by atoms with Gasteiger partial charge in [-0.15, -0.1) is 0 Å². The minimum absolute atomic E-state index is 0.150. The molecular weight excluding hydrogens is 875 g/mol. The number of rotatable bonds is 56. The highest BCUT2D eigenvalue weighted by Gasteiger charge is 2.22. The molecule has 0 aromatic rings. The number of allylic oxidation sites excluding steroid dienone is 4. The summed E-state index contributed by atoms with van der Waals surface area (Å²) in [5, 5.41) is 11.8. The van der Waals surface area contributed by atoms with E-state index in [9.17, 15) is 19.5 Å². The van der Waals surface area contributed by atoms with E-state index in [1.54, 1.807) is 0 Å². The van der Waals surface area contributed by atoms with Crippen molar-refractivity contribution >= 4 is 17.9 Å². The number of hydrogen-bond acceptors (Lipinski definition) is 8. The second kappa shape index (κ2) is 53.1. The van der Waals surface area contributed by atoms with Gasteiger partial charge < -0.3 is 33.3 Å². The molecule has 0 amide bonds. The van der Waals surface area contributed by atoms with Crippen LogP contribution in [0.15, 0.2) is 24.3 Å². The van der Waals surface area contributed by atoms with Gasteiger partial charge in [0.05, 0.1) is 40.3 Å². The van der Waals surface area contributed by atoms with Gasteiger partial charge in [-0.2, -0.15) is 0 Å². The molecule has 0 radical (unpaired) electrons. The Hall–Kier alpha value is -2.23. The molecule has 9 heteroatoms. The maximum Gasteiger partial charge on any atom is 0.306 e. The van der Waals surface area contributed by atoms with Gasteiger partial charge in [0.25, 0.3) is 0 Å². The number of nitrogens with zero attached hydrogens (tertiary/aromatic N) is 1. The van der Waals surface area contributed by atoms with Gasteiger partial charge in [0.2, 0.25) is 0 Å². The third-order valence-electron chi connectivity index (χ3n) is 13.5. The standard InChI is InChI=1S/C61H115NO8/c1-6-8-10-12-14-16-18-20-22-24-26-28-30-32-34-36-38-40-42-44-46-48-50-52-59(64)70-57(56-69-61(60(65)66)67-54-53-62(3,4)5)55-68-58(63)51-49-47-45-43-41-39-37-35-33-31-29-27-25-23-21-19-17-15-13-11-9-7-2/h18,20,24,26,57,61H,6-17,19,21-23,25,27-56H2,1-5H3/b20-18-,26-24-. The summed E-state index contributed by atoms with van der Waals surface area (Å²) < 4.78 is 22.7. The maximum absolute atomic E-state index is 12.9. The monoisotopic (exact) mass is 990 g/mol. The summed E-state index contributed by atoms with van der Waals surface area (Å²) in [5.74, 6) is -2.26. The number of carboxylic acids is 1. The van der Waals surface area contributed by atoms with E-state index in [0.717, 1.165) is 44.9 Å². The molecule has 412 valence electrons. The second-order valence-electron chi connectivity index (χ2n) is 21.6. The average molecular weight is 991 g/mol. The Morgan fingerprint density at radius 1 is 0.429 bits per heavy atom. The molecule has 0 aliphatic heterocycles. The molecule has 0 saturated carbocycles. The predicted molar refractivity (Wildman–Crippen MR) is 293 cm³/mol. The van der Waals surface area contributed by atoms with Gasteiger partial charge in [0.15, 0.2) is 12.4 Å². The fourth-order valence-corrected chi connectivity index (χ4v) is 8.80. The molecule has 0 saturated heterocycles. The van der Waals surface area contributed by atoms with Gasteiger partial charge in [0.1, 0.15) is 13.2 Å². The lowest BCUT2D eigenvalue weighted by Crippen LogP contribution is -2.44. The van der Waals surface area contributed by atoms with Crippen molar-refractivity contribution < 1.29 is 42.9 Å². The summed E-state index contributed by atoms with van der Waals surface area (Å²) in [7, 11) is 5.93. The third-order valence-corrected chi connectivity index (χ3v) is 13.5. The lowest BCUT2D eigenvalue weighted by molar-refractivity contribution is -0.870. The van der Waals surface area contributed by atoms with Gasteiger partial charge in [0, 0.05) is 12.8 Å². The summed E-state index contributed by atoms with van der Waals surface area (Å²) in [6, 6.07) is 0. The molecule has 0 aliphatic carbocycles. The van der Waals surface area contributed by atoms with Crippen LogP contribution < -0.4 is 5.11 Å². The van der Waals surface area contributed by atoms with E-state index in [1.165, 1.54) is 212 Å². The highest BCUT2D eigenvalue weighted by atomic mass is 16.7. The quantitative estimate of drug-likeness (QED) is 0.0195. The Labute approximate surface area is 433 Å². The van der Waals surface area contributed by atoms with Crippen LogP contribution in [-0.2, 0) is 33.3 Å². The van der Waals surface area contributed by atoms with Crippen molar-refractivity contribution in [3.8, 4) is 0 Å². The van der Waals surface area contributed by atoms with Crippen molar-refractivity contribution in [3.63, 3.8) is 0 Å². The molecule has 0 fully saturated rings. The molecule has 0 spiro atoms. The van der Waals surface area contributed by atoms with Gasteiger partial charge in [-0.1, -0.05) is 256 Å². The molecule has 9 nitrogen and oxygen atoms in total. The number of carboxylic acid groups (broad SMARTS) is 1. The summed E-state index contributed by atoms with van der Waals surface area (Å²) in [5.41, 5.74) is 0. The van der Waals surface area contributed by atoms with Gasteiger partial charge >= 0.3 is 11.9 Å². The molecule has 0 aromatic heterocycles. The Bertz CT molecular complexity index is 1200. The molecule has 0 heterocycles. The minimum Gasteiger partial charge on any atom is -0.545 e. The lowest BCUT2D eigenvalue weighted by atomic mass is 10.0. The summed E-state index contributed by atoms with van der Waals surface area (Å²) in [4.78, 5) is 37.3. The van der Waals surface area contributed by atoms with Gasteiger partial charge in [-0.3, -0.25) is 9.59 Å². The Morgan fingerprint density at radius 2 is 0.771 bits per heavy atom. The summed E-state index contributed by atoms with van der Waals surface area (Å²) in [6.45, 7) is 4.79. The SMILES string of the molecule is CCCCCCC/C=C\C/C=C\CCCCCCCCCCCCCC(=O)OC(COC(=O)CCCCCCCCCCCCCCCCCCCCCCCC)COC(OCC[N+](C)(C)C)C(=O)[O-]. The van der Waals surface area contributed by atoms with E-state index in [0.29, 0.717) is 23.9 Å². The average Bonchev–Trinajstić information content (AvgIpc) is 3.33. The maximum atomic E-state index is 12.9. The molecule has 0 bridgehead atoms. The molecular formula is C61H115NO8. The fraction of sp³-hybridized carbons (Fsp3) is 0.885. The number of carbonyl (C=O) groups is 3. The van der Waals surface area contributed by atoms with Crippen molar-refractivity contribution in [1.82, 2.24) is 0 Å². The lowest BCUT2D eigenvalue weighted by Gasteiger charge is -2.26. The van der Waals surface area contributed by atoms with Crippen molar-refractivity contribution in [1.29, 1.82) is 0 Å². The van der Waals surface area contributed by atoms with Crippen LogP contribution in [0.3, 0.4) is 0 Å². The van der Waals surface area contributed by atoms with Crippen LogP contribution in [0.2, 0.25) is 0 Å². The molecule has 2 atom stereocenters. The zero-order valence-corrected chi connectivity index (χ0v) is 46.9. The number of quaternary nitrogens is 1. The number of aliphatic carboxylic acids is 1. The van der Waals surface area contributed by atoms with Crippen molar-refractivity contribution in [2.75, 3.05) is 47.5 Å². The highest BCUT2D eigenvalue weighted by Crippen LogP contribution is 2.17. The number of esters is 2. The summed E-state index contributed by atoms with van der Waals surface area (Å²) >= 11 is 0. The Kier molecular flexibility index (Phi) is 51.4. The first-order chi connectivity index (χ1) is 34.1. The fourth-order valence-electron chi connectivity index (χ4n) is 8.80. The first-order valence-corrected chi connectivity index (χ1v) is 30.0. The Morgan fingerprint density at radius 3 is 1.13 bits per heavy atom. The molecule has 0 N–H and O–H groups in total. The second-order valence-corrected chi connectivity index (χ2v) is 21.6. The van der Waals surface area contributed by atoms with Crippen molar-refractivity contribution in [2.24, 2.45) is 0 Å². The van der Waals surface area contributed by atoms with Gasteiger partial charge in [-0.25, -0.2) is 0 Å². The first-order valence-electron chi connectivity index (χ1n) is 30.0. The number of hydrogen-bond donors (Lipinski definition) is 0. The first kappa shape index (κ1) is 67.8. The molecule has 0 aromatic carbocycles. The van der Waals surface area contributed by atoms with Crippen LogP contribution in [0.25, 0.3) is 0 Å². The number of likely N-dealkylation sites (N-methyl/N-ethyl adjacent to an activating group) is 1. The van der Waals surface area contributed by atoms with Crippen molar-refractivity contribution in [2.45, 2.75) is 302 Å². The topological polar surface area (TPSA) is 111 Å². The number of unbranched alkanes of at least 4 members (excludes halogenated alkanes) is 37. The van der Waals surface area contributed by atoms with Crippen LogP contribution in [0.5, 0.6) is 0 Å². The van der Waals surface area contributed by atoms with Crippen LogP contribution in [0, 0.1) is 0 Å². The van der Waals surface area contributed by atoms with Crippen LogP contribution >= 0.6 is 0 Å². The van der Waals surface area contributed by atoms with E-state index < -0.39 is 24.3 Å². The normalized spacial score (nSPS) is 12.9. The minimum atomic E-state index is -1.62. The molecule has 0 rings (SSSR count). The smallest absolute Gasteiger partial charge is 0.306 e. The Balaban J connectivity index is 4.20. The summed E-state index contributed by atoms with van der Waals surface area (Å²) in [6.07, 6.45) is 59.4. The van der Waals surface area contributed by atoms with Crippen LogP contribution in [0.4, 0.5) is 0 Å². The predicted octanol–water partition coefficient (Wildman–Crippen LogP) is 16.2. The highest BCUT2D eigenvalue weighted by molar-refractivity contribution is 5.70. The largest absolute Gasteiger partial charge is 0.545 e. The van der Waals surface area contributed by atoms with E-state index in [4.69, 9.17) is 18.9 Å². The molecule has 0 aliphatic rings. The van der Waals surface area contributed by atoms with E-state index in [-0.39, 0.29) is 32.2 Å². The molecule has 2 unspecified atom stereocenters. The van der Waals surface area contributed by atoms with Crippen molar-refractivity contribution in [3.05, 3.63) is 24.3 Å². The van der Waals surface area contributed by atoms with E-state index >= 15 is 0 Å². The van der Waals surface area contributed by atoms with E-state index in [1.807, 2.05) is 21.1 Å². The molecule has 70 heavy (non-hydrogen) atoms. The number of carbonyl (C=O) groups excluding carboxylic acids is 3. The van der Waals surface area contributed by atoms with E-state index in [2.05, 4.69) is 38.2 Å². The third kappa shape index (κ3) is 53.6. The van der Waals surface area contributed by atoms with Crippen LogP contribution in [-0.4, -0.2) is 82.3 Å².